The molecule has 0 spiro atoms. The van der Waals surface area contributed by atoms with Gasteiger partial charge in [-0.2, -0.15) is 0 Å². The third kappa shape index (κ3) is 1.98. The fraction of sp³-hybridized carbons (Fsp3) is 0.571. The Kier molecular flexibility index (Phi) is 2.93. The second-order valence-corrected chi connectivity index (χ2v) is 5.43. The fourth-order valence-corrected chi connectivity index (χ4v) is 3.02. The smallest absolute Gasteiger partial charge is 0.339 e. The maximum absolute atomic E-state index is 11.7. The Hall–Kier alpha value is -1.62. The molecule has 1 aromatic rings. The van der Waals surface area contributed by atoms with Gasteiger partial charge in [0.15, 0.2) is 0 Å². The molecule has 19 heavy (non-hydrogen) atoms. The van der Waals surface area contributed by atoms with E-state index in [0.29, 0.717) is 11.6 Å². The van der Waals surface area contributed by atoms with Gasteiger partial charge in [-0.1, -0.05) is 0 Å². The average Bonchev–Trinajstić information content (AvgIpc) is 2.64. The van der Waals surface area contributed by atoms with Gasteiger partial charge in [-0.25, -0.2) is 9.78 Å². The molecule has 5 nitrogen and oxygen atoms in total. The SMILES string of the molecule is COC(=O)c1c(C)cc(N2CC3CNC3C2)nc1C. The average molecular weight is 261 g/mol. The Morgan fingerprint density at radius 2 is 2.26 bits per heavy atom. The summed E-state index contributed by atoms with van der Waals surface area (Å²) in [4.78, 5) is 18.6. The van der Waals surface area contributed by atoms with Crippen molar-refractivity contribution in [1.29, 1.82) is 0 Å². The van der Waals surface area contributed by atoms with Crippen LogP contribution in [0.5, 0.6) is 0 Å². The van der Waals surface area contributed by atoms with Gasteiger partial charge < -0.3 is 15.0 Å². The molecule has 0 radical (unpaired) electrons. The van der Waals surface area contributed by atoms with Crippen LogP contribution in [-0.2, 0) is 4.74 Å². The van der Waals surface area contributed by atoms with Gasteiger partial charge in [-0.05, 0) is 25.5 Å². The van der Waals surface area contributed by atoms with Gasteiger partial charge in [-0.15, -0.1) is 0 Å². The van der Waals surface area contributed by atoms with E-state index in [2.05, 4.69) is 15.2 Å². The van der Waals surface area contributed by atoms with Crippen molar-refractivity contribution in [2.24, 2.45) is 5.92 Å². The van der Waals surface area contributed by atoms with Crippen molar-refractivity contribution >= 4 is 11.8 Å². The number of carbonyl (C=O) groups excluding carboxylic acids is 1. The Labute approximate surface area is 113 Å². The van der Waals surface area contributed by atoms with Gasteiger partial charge in [0.25, 0.3) is 0 Å². The quantitative estimate of drug-likeness (QED) is 0.801. The molecule has 2 unspecified atom stereocenters. The van der Waals surface area contributed by atoms with Crippen LogP contribution in [0, 0.1) is 19.8 Å². The monoisotopic (exact) mass is 261 g/mol. The molecular formula is C14H19N3O2. The first-order valence-electron chi connectivity index (χ1n) is 6.65. The number of aryl methyl sites for hydroxylation is 2. The van der Waals surface area contributed by atoms with Crippen LogP contribution >= 0.6 is 0 Å². The van der Waals surface area contributed by atoms with Crippen molar-refractivity contribution in [3.63, 3.8) is 0 Å². The predicted octanol–water partition coefficient (Wildman–Crippen LogP) is 0.893. The standard InChI is InChI=1S/C14H19N3O2/c1-8-4-12(16-9(2)13(8)14(18)19-3)17-6-10-5-15-11(10)7-17/h4,10-11,15H,5-7H2,1-3H3. The summed E-state index contributed by atoms with van der Waals surface area (Å²) in [6.45, 7) is 6.98. The van der Waals surface area contributed by atoms with Crippen molar-refractivity contribution in [1.82, 2.24) is 10.3 Å². The van der Waals surface area contributed by atoms with Crippen LogP contribution in [0.15, 0.2) is 6.07 Å². The summed E-state index contributed by atoms with van der Waals surface area (Å²) in [5.41, 5.74) is 2.27. The number of esters is 1. The first-order chi connectivity index (χ1) is 9.10. The summed E-state index contributed by atoms with van der Waals surface area (Å²) >= 11 is 0. The number of aromatic nitrogens is 1. The van der Waals surface area contributed by atoms with Crippen LogP contribution in [-0.4, -0.2) is 43.7 Å². The summed E-state index contributed by atoms with van der Waals surface area (Å²) in [6.07, 6.45) is 0. The van der Waals surface area contributed by atoms with Crippen LogP contribution < -0.4 is 10.2 Å². The molecular weight excluding hydrogens is 242 g/mol. The van der Waals surface area contributed by atoms with E-state index in [1.165, 1.54) is 7.11 Å². The minimum Gasteiger partial charge on any atom is -0.465 e. The molecule has 102 valence electrons. The fourth-order valence-electron chi connectivity index (χ4n) is 3.02. The second kappa shape index (κ2) is 4.49. The molecule has 1 N–H and O–H groups in total. The van der Waals surface area contributed by atoms with Crippen molar-refractivity contribution in [3.05, 3.63) is 22.9 Å². The Balaban J connectivity index is 1.90. The Bertz CT molecular complexity index is 494. The molecule has 2 fully saturated rings. The van der Waals surface area contributed by atoms with E-state index in [0.717, 1.165) is 42.6 Å². The molecule has 0 bridgehead atoms. The van der Waals surface area contributed by atoms with Gasteiger partial charge in [0.1, 0.15) is 5.82 Å². The maximum Gasteiger partial charge on any atom is 0.339 e. The molecule has 2 aliphatic rings. The summed E-state index contributed by atoms with van der Waals surface area (Å²) in [5, 5.41) is 3.43. The van der Waals surface area contributed by atoms with E-state index in [4.69, 9.17) is 4.74 Å². The molecule has 0 aromatic carbocycles. The highest BCUT2D eigenvalue weighted by Crippen LogP contribution is 2.29. The van der Waals surface area contributed by atoms with Gasteiger partial charge in [0.2, 0.25) is 0 Å². The van der Waals surface area contributed by atoms with Crippen molar-refractivity contribution < 1.29 is 9.53 Å². The first kappa shape index (κ1) is 12.4. The lowest BCUT2D eigenvalue weighted by molar-refractivity contribution is 0.0598. The number of fused-ring (bicyclic) bond motifs is 1. The molecule has 5 heteroatoms. The number of pyridine rings is 1. The number of anilines is 1. The van der Waals surface area contributed by atoms with Crippen LogP contribution in [0.4, 0.5) is 5.82 Å². The van der Waals surface area contributed by atoms with E-state index in [1.807, 2.05) is 19.9 Å². The van der Waals surface area contributed by atoms with E-state index in [1.54, 1.807) is 0 Å². The number of methoxy groups -OCH3 is 1. The van der Waals surface area contributed by atoms with Crippen molar-refractivity contribution in [2.45, 2.75) is 19.9 Å². The van der Waals surface area contributed by atoms with Crippen LogP contribution in [0.1, 0.15) is 21.6 Å². The molecule has 2 saturated heterocycles. The third-order valence-electron chi connectivity index (χ3n) is 4.18. The number of carbonyl (C=O) groups is 1. The van der Waals surface area contributed by atoms with E-state index >= 15 is 0 Å². The van der Waals surface area contributed by atoms with Crippen molar-refractivity contribution in [3.8, 4) is 0 Å². The number of hydrogen-bond acceptors (Lipinski definition) is 5. The zero-order chi connectivity index (χ0) is 13.6. The van der Waals surface area contributed by atoms with Gasteiger partial charge in [0.05, 0.1) is 18.4 Å². The molecule has 0 amide bonds. The summed E-state index contributed by atoms with van der Waals surface area (Å²) in [5.74, 6) is 1.42. The highest BCUT2D eigenvalue weighted by atomic mass is 16.5. The Morgan fingerprint density at radius 3 is 2.74 bits per heavy atom. The first-order valence-corrected chi connectivity index (χ1v) is 6.65. The number of nitrogens with zero attached hydrogens (tertiary/aromatic N) is 2. The number of rotatable bonds is 2. The molecule has 2 atom stereocenters. The molecule has 1 aromatic heterocycles. The number of nitrogens with one attached hydrogen (secondary N) is 1. The lowest BCUT2D eigenvalue weighted by Gasteiger charge is -2.29. The highest BCUT2D eigenvalue weighted by Gasteiger charge is 2.39. The number of ether oxygens (including phenoxy) is 1. The zero-order valence-corrected chi connectivity index (χ0v) is 11.6. The molecule has 0 aliphatic carbocycles. The van der Waals surface area contributed by atoms with Crippen LogP contribution in [0.2, 0.25) is 0 Å². The van der Waals surface area contributed by atoms with Crippen molar-refractivity contribution in [2.75, 3.05) is 31.6 Å². The Morgan fingerprint density at radius 1 is 1.47 bits per heavy atom. The van der Waals surface area contributed by atoms with E-state index < -0.39 is 0 Å². The van der Waals surface area contributed by atoms with Crippen LogP contribution in [0.3, 0.4) is 0 Å². The predicted molar refractivity (Wildman–Crippen MR) is 72.5 cm³/mol. The zero-order valence-electron chi connectivity index (χ0n) is 11.6. The second-order valence-electron chi connectivity index (χ2n) is 5.43. The normalized spacial score (nSPS) is 24.9. The van der Waals surface area contributed by atoms with E-state index in [9.17, 15) is 4.79 Å². The summed E-state index contributed by atoms with van der Waals surface area (Å²) in [6, 6.07) is 2.60. The molecule has 3 rings (SSSR count). The van der Waals surface area contributed by atoms with Crippen LogP contribution in [0.25, 0.3) is 0 Å². The third-order valence-corrected chi connectivity index (χ3v) is 4.18. The largest absolute Gasteiger partial charge is 0.465 e. The summed E-state index contributed by atoms with van der Waals surface area (Å²) < 4.78 is 4.80. The lowest BCUT2D eigenvalue weighted by Crippen LogP contribution is -2.51. The van der Waals surface area contributed by atoms with E-state index in [-0.39, 0.29) is 5.97 Å². The minimum atomic E-state index is -0.308. The van der Waals surface area contributed by atoms with Gasteiger partial charge in [0, 0.05) is 31.6 Å². The minimum absolute atomic E-state index is 0.308. The topological polar surface area (TPSA) is 54.5 Å². The molecule has 0 saturated carbocycles. The molecule has 3 heterocycles. The number of hydrogen-bond donors (Lipinski definition) is 1. The lowest BCUT2D eigenvalue weighted by atomic mass is 9.96. The maximum atomic E-state index is 11.7. The van der Waals surface area contributed by atoms with Gasteiger partial charge >= 0.3 is 5.97 Å². The highest BCUT2D eigenvalue weighted by molar-refractivity contribution is 5.92. The van der Waals surface area contributed by atoms with Gasteiger partial charge in [-0.3, -0.25) is 0 Å². The molecule has 2 aliphatic heterocycles. The summed E-state index contributed by atoms with van der Waals surface area (Å²) in [7, 11) is 1.40.